The van der Waals surface area contributed by atoms with Gasteiger partial charge in [-0.3, -0.25) is 9.59 Å². The first kappa shape index (κ1) is 66.2. The number of allylic oxidation sites excluding steroid dienone is 4. The lowest BCUT2D eigenvalue weighted by atomic mass is 9.99. The van der Waals surface area contributed by atoms with Crippen molar-refractivity contribution >= 4 is 11.9 Å². The first-order valence-electron chi connectivity index (χ1n) is 29.9. The zero-order valence-corrected chi connectivity index (χ0v) is 45.5. The molecule has 0 aromatic heterocycles. The Morgan fingerprint density at radius 1 is 0.429 bits per heavy atom. The van der Waals surface area contributed by atoms with E-state index in [0.29, 0.717) is 6.42 Å². The highest BCUT2D eigenvalue weighted by molar-refractivity contribution is 5.70. The van der Waals surface area contributed by atoms with Gasteiger partial charge in [-0.2, -0.15) is 0 Å². The molecule has 0 aliphatic carbocycles. The van der Waals surface area contributed by atoms with Gasteiger partial charge in [-0.05, 0) is 44.9 Å². The quantitative estimate of drug-likeness (QED) is 0.0263. The van der Waals surface area contributed by atoms with E-state index in [9.17, 15) is 30.0 Å². The molecule has 0 saturated carbocycles. The minimum Gasteiger partial charge on any atom is -0.462 e. The van der Waals surface area contributed by atoms with Gasteiger partial charge in [-0.25, -0.2) is 0 Å². The van der Waals surface area contributed by atoms with Gasteiger partial charge in [0.05, 0.1) is 13.2 Å². The molecule has 1 fully saturated rings. The molecule has 412 valence electrons. The highest BCUT2D eigenvalue weighted by Crippen LogP contribution is 2.23. The van der Waals surface area contributed by atoms with E-state index in [1.165, 1.54) is 212 Å². The van der Waals surface area contributed by atoms with Crippen LogP contribution in [0.5, 0.6) is 0 Å². The monoisotopic (exact) mass is 993 g/mol. The largest absolute Gasteiger partial charge is 0.462 e. The van der Waals surface area contributed by atoms with Gasteiger partial charge in [0.25, 0.3) is 0 Å². The first-order chi connectivity index (χ1) is 34.3. The van der Waals surface area contributed by atoms with Crippen LogP contribution in [0.2, 0.25) is 0 Å². The summed E-state index contributed by atoms with van der Waals surface area (Å²) < 4.78 is 22.3. The third kappa shape index (κ3) is 40.6. The Morgan fingerprint density at radius 2 is 0.786 bits per heavy atom. The summed E-state index contributed by atoms with van der Waals surface area (Å²) in [6, 6.07) is 0. The van der Waals surface area contributed by atoms with Crippen LogP contribution in [-0.2, 0) is 28.5 Å². The zero-order chi connectivity index (χ0) is 50.8. The highest BCUT2D eigenvalue weighted by atomic mass is 16.7. The van der Waals surface area contributed by atoms with E-state index in [2.05, 4.69) is 38.2 Å². The summed E-state index contributed by atoms with van der Waals surface area (Å²) in [4.78, 5) is 25.5. The van der Waals surface area contributed by atoms with Crippen molar-refractivity contribution < 1.29 is 49.0 Å². The van der Waals surface area contributed by atoms with E-state index in [-0.39, 0.29) is 32.0 Å². The number of hydrogen-bond donors (Lipinski definition) is 4. The van der Waals surface area contributed by atoms with Crippen molar-refractivity contribution in [2.75, 3.05) is 19.8 Å². The molecule has 10 nitrogen and oxygen atoms in total. The molecule has 10 heteroatoms. The fraction of sp³-hybridized carbons (Fsp3) is 0.900. The van der Waals surface area contributed by atoms with Gasteiger partial charge >= 0.3 is 11.9 Å². The SMILES string of the molecule is CCCCCCCCCCCCCCCC/C=C/CC/C=C/CCCC(=O)O[C@@H](COC(=O)CCCCCCCCCCCCCCCCCCCCCCCC)CO[C@H]1O[C@@H](CO)[C@@H](O)C(O)C1O. The van der Waals surface area contributed by atoms with Gasteiger partial charge in [-0.15, -0.1) is 0 Å². The zero-order valence-electron chi connectivity index (χ0n) is 45.5. The van der Waals surface area contributed by atoms with Crippen LogP contribution in [0.25, 0.3) is 0 Å². The van der Waals surface area contributed by atoms with Gasteiger partial charge in [0.1, 0.15) is 31.0 Å². The van der Waals surface area contributed by atoms with Crippen LogP contribution in [0.15, 0.2) is 24.3 Å². The van der Waals surface area contributed by atoms with Crippen LogP contribution in [0.3, 0.4) is 0 Å². The molecule has 4 N–H and O–H groups in total. The third-order valence-corrected chi connectivity index (χ3v) is 14.1. The Labute approximate surface area is 430 Å². The Morgan fingerprint density at radius 3 is 1.20 bits per heavy atom. The lowest BCUT2D eigenvalue weighted by Gasteiger charge is -2.39. The standard InChI is InChI=1S/C60H112O10/c1-3-5-7-9-11-13-15-17-19-21-23-25-27-29-31-33-35-37-39-41-43-45-47-49-56(63)69-53(52-68-60-59(66)58(65)57(64)54(50-61)70-60)51-67-55(62)48-46-44-42-40-38-36-34-32-30-28-26-24-22-20-18-16-14-12-10-8-6-4-2/h33,35,41,43,53-54,57-61,64-66H,3-32,34,36-40,42,44-52H2,1-2H3/b35-33+,43-41+/t53-,54-,57+,58?,59?,60-/m0/s1. The maximum absolute atomic E-state index is 12.9. The fourth-order valence-corrected chi connectivity index (χ4v) is 9.39. The van der Waals surface area contributed by atoms with Gasteiger partial charge in [0.2, 0.25) is 0 Å². The second kappa shape index (κ2) is 50.7. The molecule has 0 aromatic carbocycles. The lowest BCUT2D eigenvalue weighted by molar-refractivity contribution is -0.305. The average Bonchev–Trinajstić information content (AvgIpc) is 3.36. The number of ether oxygens (including phenoxy) is 4. The molecule has 1 heterocycles. The number of carbonyl (C=O) groups is 2. The molecule has 1 saturated heterocycles. The summed E-state index contributed by atoms with van der Waals surface area (Å²) in [7, 11) is 0. The van der Waals surface area contributed by atoms with Crippen molar-refractivity contribution in [1.29, 1.82) is 0 Å². The number of aliphatic hydroxyl groups excluding tert-OH is 4. The molecule has 0 radical (unpaired) electrons. The maximum atomic E-state index is 12.9. The molecule has 1 aliphatic rings. The van der Waals surface area contributed by atoms with E-state index in [1.54, 1.807) is 0 Å². The predicted molar refractivity (Wildman–Crippen MR) is 289 cm³/mol. The van der Waals surface area contributed by atoms with Gasteiger partial charge < -0.3 is 39.4 Å². The number of unbranched alkanes of at least 4 members (excludes halogenated alkanes) is 37. The molecular weight excluding hydrogens is 881 g/mol. The molecule has 0 bridgehead atoms. The molecule has 0 aromatic rings. The summed E-state index contributed by atoms with van der Waals surface area (Å²) in [5, 5.41) is 40.3. The van der Waals surface area contributed by atoms with Crippen molar-refractivity contribution in [3.05, 3.63) is 24.3 Å². The topological polar surface area (TPSA) is 152 Å². The number of hydrogen-bond acceptors (Lipinski definition) is 10. The van der Waals surface area contributed by atoms with E-state index in [0.717, 1.165) is 44.9 Å². The Bertz CT molecular complexity index is 1190. The van der Waals surface area contributed by atoms with Crippen LogP contribution in [-0.4, -0.2) is 89.0 Å². The molecule has 6 atom stereocenters. The van der Waals surface area contributed by atoms with Crippen LogP contribution in [0.4, 0.5) is 0 Å². The summed E-state index contributed by atoms with van der Waals surface area (Å²) in [6.07, 6.45) is 53.6. The lowest BCUT2D eigenvalue weighted by Crippen LogP contribution is -2.59. The van der Waals surface area contributed by atoms with Crippen molar-refractivity contribution in [3.63, 3.8) is 0 Å². The number of aliphatic hydroxyl groups is 4. The third-order valence-electron chi connectivity index (χ3n) is 14.1. The highest BCUT2D eigenvalue weighted by Gasteiger charge is 2.44. The van der Waals surface area contributed by atoms with Gasteiger partial charge in [0.15, 0.2) is 12.4 Å². The number of rotatable bonds is 52. The molecule has 1 rings (SSSR count). The molecule has 1 aliphatic heterocycles. The Balaban J connectivity index is 2.20. The van der Waals surface area contributed by atoms with Crippen LogP contribution >= 0.6 is 0 Å². The average molecular weight is 994 g/mol. The second-order valence-corrected chi connectivity index (χ2v) is 20.8. The van der Waals surface area contributed by atoms with Gasteiger partial charge in [-0.1, -0.05) is 256 Å². The van der Waals surface area contributed by atoms with Crippen LogP contribution < -0.4 is 0 Å². The van der Waals surface area contributed by atoms with Gasteiger partial charge in [0, 0.05) is 12.8 Å². The van der Waals surface area contributed by atoms with Crippen molar-refractivity contribution in [2.45, 2.75) is 327 Å². The molecule has 70 heavy (non-hydrogen) atoms. The minimum atomic E-state index is -1.60. The van der Waals surface area contributed by atoms with Crippen molar-refractivity contribution in [2.24, 2.45) is 0 Å². The van der Waals surface area contributed by atoms with E-state index in [4.69, 9.17) is 18.9 Å². The molecular formula is C60H112O10. The molecule has 2 unspecified atom stereocenters. The van der Waals surface area contributed by atoms with E-state index in [1.807, 2.05) is 0 Å². The Kier molecular flexibility index (Phi) is 47.9. The first-order valence-corrected chi connectivity index (χ1v) is 29.9. The summed E-state index contributed by atoms with van der Waals surface area (Å²) in [6.45, 7) is 3.46. The summed E-state index contributed by atoms with van der Waals surface area (Å²) >= 11 is 0. The van der Waals surface area contributed by atoms with E-state index >= 15 is 0 Å². The van der Waals surface area contributed by atoms with Crippen molar-refractivity contribution in [3.8, 4) is 0 Å². The Hall–Kier alpha value is -1.82. The maximum Gasteiger partial charge on any atom is 0.306 e. The normalized spacial score (nSPS) is 18.9. The van der Waals surface area contributed by atoms with Crippen LogP contribution in [0.1, 0.15) is 290 Å². The predicted octanol–water partition coefficient (Wildman–Crippen LogP) is 15.2. The number of esters is 2. The second-order valence-electron chi connectivity index (χ2n) is 20.8. The smallest absolute Gasteiger partial charge is 0.306 e. The van der Waals surface area contributed by atoms with E-state index < -0.39 is 49.4 Å². The molecule has 0 amide bonds. The molecule has 0 spiro atoms. The fourth-order valence-electron chi connectivity index (χ4n) is 9.39. The summed E-state index contributed by atoms with van der Waals surface area (Å²) in [5.41, 5.74) is 0. The van der Waals surface area contributed by atoms with Crippen molar-refractivity contribution in [1.82, 2.24) is 0 Å². The minimum absolute atomic E-state index is 0.174. The summed E-state index contributed by atoms with van der Waals surface area (Å²) in [5.74, 6) is -0.838. The number of carbonyl (C=O) groups excluding carboxylic acids is 2. The van der Waals surface area contributed by atoms with Crippen LogP contribution in [0, 0.1) is 0 Å².